The van der Waals surface area contributed by atoms with Gasteiger partial charge >= 0.3 is 17.5 Å². The van der Waals surface area contributed by atoms with Gasteiger partial charge in [-0.2, -0.15) is 4.21 Å². The zero-order chi connectivity index (χ0) is 25.7. The summed E-state index contributed by atoms with van der Waals surface area (Å²) in [5.41, 5.74) is 1.54. The summed E-state index contributed by atoms with van der Waals surface area (Å²) in [5, 5.41) is 0.399. The number of likely N-dealkylation sites (tertiary alicyclic amines) is 1. The molecule has 2 aliphatic heterocycles. The van der Waals surface area contributed by atoms with Crippen LogP contribution in [0.1, 0.15) is 43.7 Å². The van der Waals surface area contributed by atoms with Crippen molar-refractivity contribution >= 4 is 29.1 Å². The fourth-order valence-electron chi connectivity index (χ4n) is 3.79. The molecule has 1 aromatic carbocycles. The van der Waals surface area contributed by atoms with Gasteiger partial charge in [-0.15, -0.1) is 0 Å². The molecule has 36 heavy (non-hydrogen) atoms. The van der Waals surface area contributed by atoms with Gasteiger partial charge in [-0.05, 0) is 30.5 Å². The molecule has 10 nitrogen and oxygen atoms in total. The van der Waals surface area contributed by atoms with Crippen molar-refractivity contribution in [2.75, 3.05) is 32.9 Å². The molecule has 0 saturated carbocycles. The van der Waals surface area contributed by atoms with Crippen molar-refractivity contribution in [2.45, 2.75) is 45.6 Å². The molecule has 0 aliphatic carbocycles. The third kappa shape index (κ3) is 6.84. The molecule has 3 heterocycles. The molecule has 0 spiro atoms. The second kappa shape index (κ2) is 12.2. The minimum Gasteiger partial charge on any atom is -0.474 e. The standard InChI is InChI=1S/C24H30ClN3O7S/c1-15(2)11-31-24(29)28-8-6-19(7-9-28)34-22-16(3)23(27-14-26-22)35-21-5-4-17(10-20(21)25)18-12-32-36(30)33-13-18/h4-5,10,14-15,18-19H,6-9,11-13H2,1-3H3/t18-,36+. The van der Waals surface area contributed by atoms with Crippen LogP contribution in [0, 0.1) is 12.8 Å². The van der Waals surface area contributed by atoms with E-state index in [1.165, 1.54) is 6.33 Å². The Balaban J connectivity index is 1.35. The molecule has 0 atom stereocenters. The Bertz CT molecular complexity index is 1090. The van der Waals surface area contributed by atoms with Gasteiger partial charge in [0.2, 0.25) is 11.8 Å². The van der Waals surface area contributed by atoms with E-state index in [4.69, 9.17) is 34.2 Å². The third-order valence-electron chi connectivity index (χ3n) is 5.88. The zero-order valence-corrected chi connectivity index (χ0v) is 22.0. The van der Waals surface area contributed by atoms with E-state index in [0.717, 1.165) is 5.56 Å². The average molecular weight is 540 g/mol. The molecule has 196 valence electrons. The second-order valence-electron chi connectivity index (χ2n) is 9.15. The number of ether oxygens (including phenoxy) is 3. The van der Waals surface area contributed by atoms with E-state index in [2.05, 4.69) is 9.97 Å². The molecule has 0 radical (unpaired) electrons. The van der Waals surface area contributed by atoms with E-state index >= 15 is 0 Å². The number of piperidine rings is 1. The van der Waals surface area contributed by atoms with Crippen molar-refractivity contribution in [1.29, 1.82) is 0 Å². The van der Waals surface area contributed by atoms with Crippen LogP contribution in [0.25, 0.3) is 0 Å². The number of nitrogens with zero attached hydrogens (tertiary/aromatic N) is 3. The zero-order valence-electron chi connectivity index (χ0n) is 20.5. The normalized spacial score (nSPS) is 20.9. The number of carbonyl (C=O) groups excluding carboxylic acids is 1. The number of benzene rings is 1. The van der Waals surface area contributed by atoms with Crippen LogP contribution in [0.5, 0.6) is 17.5 Å². The number of halogens is 1. The lowest BCUT2D eigenvalue weighted by Gasteiger charge is -2.31. The molecular formula is C24H30ClN3O7S. The Morgan fingerprint density at radius 2 is 1.89 bits per heavy atom. The molecule has 1 amide bonds. The maximum absolute atomic E-state index is 12.2. The Morgan fingerprint density at radius 3 is 2.56 bits per heavy atom. The quantitative estimate of drug-likeness (QED) is 0.499. The van der Waals surface area contributed by atoms with Gasteiger partial charge in [0, 0.05) is 31.8 Å². The van der Waals surface area contributed by atoms with Crippen LogP contribution >= 0.6 is 11.6 Å². The summed E-state index contributed by atoms with van der Waals surface area (Å²) in [4.78, 5) is 22.4. The summed E-state index contributed by atoms with van der Waals surface area (Å²) in [7, 11) is 0. The van der Waals surface area contributed by atoms with Crippen molar-refractivity contribution in [1.82, 2.24) is 14.9 Å². The summed E-state index contributed by atoms with van der Waals surface area (Å²) in [5.74, 6) is 1.43. The number of rotatable bonds is 7. The molecule has 2 aliphatic rings. The lowest BCUT2D eigenvalue weighted by atomic mass is 10.0. The van der Waals surface area contributed by atoms with Crippen molar-refractivity contribution in [3.8, 4) is 17.5 Å². The Hall–Kier alpha value is -2.47. The number of aromatic nitrogens is 2. The van der Waals surface area contributed by atoms with Crippen LogP contribution < -0.4 is 9.47 Å². The van der Waals surface area contributed by atoms with Crippen LogP contribution in [-0.2, 0) is 24.5 Å². The van der Waals surface area contributed by atoms with Crippen LogP contribution in [0.2, 0.25) is 5.02 Å². The number of amides is 1. The molecule has 2 fully saturated rings. The molecule has 1 aromatic heterocycles. The lowest BCUT2D eigenvalue weighted by molar-refractivity contribution is 0.0603. The minimum absolute atomic E-state index is 0.0708. The number of hydrogen-bond donors (Lipinski definition) is 0. The molecule has 0 N–H and O–H groups in total. The highest BCUT2D eigenvalue weighted by atomic mass is 35.5. The summed E-state index contributed by atoms with van der Waals surface area (Å²) in [6.07, 6.45) is 2.36. The fraction of sp³-hybridized carbons (Fsp3) is 0.542. The highest BCUT2D eigenvalue weighted by Gasteiger charge is 2.27. The first kappa shape index (κ1) is 26.6. The highest BCUT2D eigenvalue weighted by Crippen LogP contribution is 2.35. The summed E-state index contributed by atoms with van der Waals surface area (Å²) in [6.45, 7) is 7.93. The van der Waals surface area contributed by atoms with Crippen molar-refractivity contribution in [2.24, 2.45) is 5.92 Å². The molecule has 0 unspecified atom stereocenters. The van der Waals surface area contributed by atoms with E-state index in [0.29, 0.717) is 66.6 Å². The first-order chi connectivity index (χ1) is 17.3. The van der Waals surface area contributed by atoms with Crippen LogP contribution in [0.15, 0.2) is 24.5 Å². The van der Waals surface area contributed by atoms with Gasteiger partial charge in [-0.3, -0.25) is 8.37 Å². The lowest BCUT2D eigenvalue weighted by Crippen LogP contribution is -2.42. The van der Waals surface area contributed by atoms with Gasteiger partial charge in [0.25, 0.3) is 0 Å². The predicted molar refractivity (Wildman–Crippen MR) is 132 cm³/mol. The predicted octanol–water partition coefficient (Wildman–Crippen LogP) is 4.58. The Kier molecular flexibility index (Phi) is 9.00. The van der Waals surface area contributed by atoms with E-state index in [-0.39, 0.29) is 31.3 Å². The smallest absolute Gasteiger partial charge is 0.409 e. The molecule has 2 aromatic rings. The van der Waals surface area contributed by atoms with Gasteiger partial charge in [-0.25, -0.2) is 14.8 Å². The van der Waals surface area contributed by atoms with E-state index in [9.17, 15) is 9.00 Å². The minimum atomic E-state index is -1.69. The maximum Gasteiger partial charge on any atom is 0.409 e. The molecule has 12 heteroatoms. The third-order valence-corrected chi connectivity index (χ3v) is 6.83. The van der Waals surface area contributed by atoms with E-state index < -0.39 is 11.4 Å². The van der Waals surface area contributed by atoms with Crippen LogP contribution in [0.3, 0.4) is 0 Å². The van der Waals surface area contributed by atoms with E-state index in [1.54, 1.807) is 17.0 Å². The van der Waals surface area contributed by atoms with Crippen molar-refractivity contribution in [3.63, 3.8) is 0 Å². The first-order valence-electron chi connectivity index (χ1n) is 11.9. The molecule has 2 saturated heterocycles. The molecule has 4 rings (SSSR count). The van der Waals surface area contributed by atoms with Gasteiger partial charge in [0.1, 0.15) is 18.2 Å². The SMILES string of the molecule is Cc1c(Oc2ccc([C@H]3CO[S@@](=O)OC3)cc2Cl)ncnc1OC1CCN(C(=O)OCC(C)C)CC1. The Labute approximate surface area is 218 Å². The van der Waals surface area contributed by atoms with Gasteiger partial charge in [0.05, 0.1) is 30.4 Å². The maximum atomic E-state index is 12.2. The molecular weight excluding hydrogens is 510 g/mol. The first-order valence-corrected chi connectivity index (χ1v) is 13.2. The fourth-order valence-corrected chi connectivity index (χ4v) is 4.64. The van der Waals surface area contributed by atoms with Gasteiger partial charge < -0.3 is 19.1 Å². The second-order valence-corrected chi connectivity index (χ2v) is 10.4. The van der Waals surface area contributed by atoms with Crippen LogP contribution in [0.4, 0.5) is 4.79 Å². The van der Waals surface area contributed by atoms with Crippen molar-refractivity contribution in [3.05, 3.63) is 40.7 Å². The highest BCUT2D eigenvalue weighted by molar-refractivity contribution is 7.75. The van der Waals surface area contributed by atoms with E-state index in [1.807, 2.05) is 26.8 Å². The topological polar surface area (TPSA) is 109 Å². The Morgan fingerprint density at radius 1 is 1.19 bits per heavy atom. The average Bonchev–Trinajstić information content (AvgIpc) is 2.87. The summed E-state index contributed by atoms with van der Waals surface area (Å²) in [6, 6.07) is 5.39. The monoisotopic (exact) mass is 539 g/mol. The number of carbonyl (C=O) groups is 1. The summed E-state index contributed by atoms with van der Waals surface area (Å²) < 4.78 is 38.8. The summed E-state index contributed by atoms with van der Waals surface area (Å²) >= 11 is 4.78. The largest absolute Gasteiger partial charge is 0.474 e. The van der Waals surface area contributed by atoms with Crippen LogP contribution in [-0.4, -0.2) is 64.2 Å². The molecule has 0 bridgehead atoms. The van der Waals surface area contributed by atoms with Crippen molar-refractivity contribution < 1.29 is 31.6 Å². The van der Waals surface area contributed by atoms with Gasteiger partial charge in [0.15, 0.2) is 0 Å². The number of hydrogen-bond acceptors (Lipinski definition) is 9. The van der Waals surface area contributed by atoms with Gasteiger partial charge in [-0.1, -0.05) is 31.5 Å².